The van der Waals surface area contributed by atoms with Crippen molar-refractivity contribution in [3.63, 3.8) is 0 Å². The predicted molar refractivity (Wildman–Crippen MR) is 105 cm³/mol. The van der Waals surface area contributed by atoms with Crippen molar-refractivity contribution in [2.75, 3.05) is 6.54 Å². The van der Waals surface area contributed by atoms with Gasteiger partial charge in [0.15, 0.2) is 0 Å². The van der Waals surface area contributed by atoms with E-state index in [9.17, 15) is 19.7 Å². The number of nitro benzene ring substituents is 1. The fraction of sp³-hybridized carbons (Fsp3) is 0.421. The van der Waals surface area contributed by atoms with Crippen molar-refractivity contribution in [2.45, 2.75) is 45.2 Å². The molecule has 0 spiro atoms. The van der Waals surface area contributed by atoms with E-state index in [1.165, 1.54) is 24.3 Å². The molecular formula is C19H22N4O4S. The Morgan fingerprint density at radius 2 is 2.18 bits per heavy atom. The molecule has 3 rings (SSSR count). The fourth-order valence-electron chi connectivity index (χ4n) is 3.33. The third kappa shape index (κ3) is 4.36. The third-order valence-corrected chi connectivity index (χ3v) is 5.81. The van der Waals surface area contributed by atoms with E-state index < -0.39 is 16.9 Å². The predicted octanol–water partition coefficient (Wildman–Crippen LogP) is 3.23. The highest BCUT2D eigenvalue weighted by molar-refractivity contribution is 7.09. The number of amides is 2. The minimum atomic E-state index is -0.742. The second-order valence-corrected chi connectivity index (χ2v) is 7.76. The molecule has 8 nitrogen and oxygen atoms in total. The number of rotatable bonds is 5. The first-order chi connectivity index (χ1) is 13.4. The van der Waals surface area contributed by atoms with Crippen LogP contribution in [-0.4, -0.2) is 39.2 Å². The third-order valence-electron chi connectivity index (χ3n) is 4.74. The minimum absolute atomic E-state index is 0.0721. The van der Waals surface area contributed by atoms with Gasteiger partial charge >= 0.3 is 0 Å². The van der Waals surface area contributed by atoms with Gasteiger partial charge < -0.3 is 10.2 Å². The van der Waals surface area contributed by atoms with E-state index in [1.54, 1.807) is 23.2 Å². The van der Waals surface area contributed by atoms with Gasteiger partial charge in [-0.3, -0.25) is 19.7 Å². The largest absolute Gasteiger partial charge is 0.341 e. The normalized spacial score (nSPS) is 17.8. The van der Waals surface area contributed by atoms with Crippen LogP contribution in [0.2, 0.25) is 0 Å². The molecule has 28 heavy (non-hydrogen) atoms. The zero-order valence-electron chi connectivity index (χ0n) is 15.8. The minimum Gasteiger partial charge on any atom is -0.341 e. The molecule has 1 N–H and O–H groups in total. The first-order valence-corrected chi connectivity index (χ1v) is 10.0. The van der Waals surface area contributed by atoms with Crippen molar-refractivity contribution < 1.29 is 14.5 Å². The Hall–Kier alpha value is -2.81. The Kier molecular flexibility index (Phi) is 6.03. The molecule has 1 fully saturated rings. The molecule has 1 aromatic carbocycles. The Balaban J connectivity index is 1.71. The summed E-state index contributed by atoms with van der Waals surface area (Å²) in [6, 6.07) is 4.64. The SMILES string of the molecule is Cc1csc(C2CCCCN2C(=O)C(C)NC(=O)c2cccc([N+](=O)[O-])c2)n1. The molecule has 2 amide bonds. The second-order valence-electron chi connectivity index (χ2n) is 6.87. The number of benzene rings is 1. The summed E-state index contributed by atoms with van der Waals surface area (Å²) in [7, 11) is 0. The zero-order valence-corrected chi connectivity index (χ0v) is 16.6. The summed E-state index contributed by atoms with van der Waals surface area (Å²) in [4.78, 5) is 42.1. The number of hydrogen-bond donors (Lipinski definition) is 1. The average molecular weight is 402 g/mol. The first-order valence-electron chi connectivity index (χ1n) is 9.14. The average Bonchev–Trinajstić information content (AvgIpc) is 3.13. The van der Waals surface area contributed by atoms with Gasteiger partial charge in [0.1, 0.15) is 11.0 Å². The van der Waals surface area contributed by atoms with Crippen LogP contribution in [0.4, 0.5) is 5.69 Å². The van der Waals surface area contributed by atoms with Crippen molar-refractivity contribution in [1.29, 1.82) is 0 Å². The Morgan fingerprint density at radius 3 is 2.86 bits per heavy atom. The molecule has 9 heteroatoms. The molecule has 0 bridgehead atoms. The monoisotopic (exact) mass is 402 g/mol. The van der Waals surface area contributed by atoms with Crippen LogP contribution in [0.15, 0.2) is 29.6 Å². The lowest BCUT2D eigenvalue weighted by molar-refractivity contribution is -0.384. The Bertz CT molecular complexity index is 898. The molecule has 148 valence electrons. The molecule has 0 aliphatic carbocycles. The maximum Gasteiger partial charge on any atom is 0.270 e. The molecule has 2 atom stereocenters. The van der Waals surface area contributed by atoms with Crippen molar-refractivity contribution in [3.05, 3.63) is 56.0 Å². The van der Waals surface area contributed by atoms with Gasteiger partial charge in [-0.1, -0.05) is 6.07 Å². The first kappa shape index (κ1) is 19.9. The number of aromatic nitrogens is 1. The molecule has 1 saturated heterocycles. The summed E-state index contributed by atoms with van der Waals surface area (Å²) >= 11 is 1.55. The van der Waals surface area contributed by atoms with Gasteiger partial charge in [-0.15, -0.1) is 11.3 Å². The highest BCUT2D eigenvalue weighted by Crippen LogP contribution is 2.33. The number of nitrogens with one attached hydrogen (secondary N) is 1. The van der Waals surface area contributed by atoms with Crippen LogP contribution >= 0.6 is 11.3 Å². The van der Waals surface area contributed by atoms with Crippen molar-refractivity contribution in [1.82, 2.24) is 15.2 Å². The lowest BCUT2D eigenvalue weighted by Gasteiger charge is -2.36. The van der Waals surface area contributed by atoms with Crippen LogP contribution in [0.5, 0.6) is 0 Å². The number of carbonyl (C=O) groups is 2. The van der Waals surface area contributed by atoms with E-state index in [0.717, 1.165) is 30.0 Å². The molecule has 1 aliphatic heterocycles. The van der Waals surface area contributed by atoms with Crippen molar-refractivity contribution in [3.8, 4) is 0 Å². The van der Waals surface area contributed by atoms with Gasteiger partial charge in [0.2, 0.25) is 5.91 Å². The molecule has 2 unspecified atom stereocenters. The number of hydrogen-bond acceptors (Lipinski definition) is 6. The maximum absolute atomic E-state index is 13.0. The lowest BCUT2D eigenvalue weighted by Crippen LogP contribution is -2.49. The number of piperidine rings is 1. The Morgan fingerprint density at radius 1 is 1.39 bits per heavy atom. The smallest absolute Gasteiger partial charge is 0.270 e. The molecule has 2 aromatic rings. The van der Waals surface area contributed by atoms with E-state index in [4.69, 9.17) is 0 Å². The number of thiazole rings is 1. The molecule has 1 aliphatic rings. The van der Waals surface area contributed by atoms with Crippen molar-refractivity contribution >= 4 is 28.8 Å². The van der Waals surface area contributed by atoms with Crippen LogP contribution in [-0.2, 0) is 4.79 Å². The van der Waals surface area contributed by atoms with Gasteiger partial charge in [0.25, 0.3) is 11.6 Å². The van der Waals surface area contributed by atoms with Gasteiger partial charge in [0.05, 0.1) is 11.0 Å². The highest BCUT2D eigenvalue weighted by Gasteiger charge is 2.33. The zero-order chi connectivity index (χ0) is 20.3. The number of carbonyl (C=O) groups excluding carboxylic acids is 2. The fourth-order valence-corrected chi connectivity index (χ4v) is 4.27. The number of non-ortho nitro benzene ring substituents is 1. The molecule has 0 radical (unpaired) electrons. The number of nitrogens with zero attached hydrogens (tertiary/aromatic N) is 3. The summed E-state index contributed by atoms with van der Waals surface area (Å²) in [5, 5.41) is 16.5. The van der Waals surface area contributed by atoms with Crippen LogP contribution < -0.4 is 5.32 Å². The van der Waals surface area contributed by atoms with Crippen LogP contribution in [0.1, 0.15) is 53.3 Å². The Labute approximate surface area is 166 Å². The van der Waals surface area contributed by atoms with E-state index in [2.05, 4.69) is 10.3 Å². The van der Waals surface area contributed by atoms with E-state index in [0.29, 0.717) is 6.54 Å². The highest BCUT2D eigenvalue weighted by atomic mass is 32.1. The van der Waals surface area contributed by atoms with Gasteiger partial charge in [-0.2, -0.15) is 0 Å². The number of likely N-dealkylation sites (tertiary alicyclic amines) is 1. The topological polar surface area (TPSA) is 105 Å². The molecule has 0 saturated carbocycles. The van der Waals surface area contributed by atoms with E-state index >= 15 is 0 Å². The van der Waals surface area contributed by atoms with Crippen LogP contribution in [0.25, 0.3) is 0 Å². The summed E-state index contributed by atoms with van der Waals surface area (Å²) in [5.41, 5.74) is 0.923. The van der Waals surface area contributed by atoms with Gasteiger partial charge in [-0.25, -0.2) is 4.98 Å². The standard InChI is InChI=1S/C19H22N4O4S/c1-12-11-28-18(20-12)16-8-3-4-9-22(16)19(25)13(2)21-17(24)14-6-5-7-15(10-14)23(26)27/h5-7,10-11,13,16H,3-4,8-9H2,1-2H3,(H,21,24). The molecule has 1 aromatic heterocycles. The van der Waals surface area contributed by atoms with Crippen LogP contribution in [0, 0.1) is 17.0 Å². The molecule has 2 heterocycles. The quantitative estimate of drug-likeness (QED) is 0.610. The van der Waals surface area contributed by atoms with E-state index in [1.807, 2.05) is 12.3 Å². The second kappa shape index (κ2) is 8.47. The van der Waals surface area contributed by atoms with Gasteiger partial charge in [0, 0.05) is 35.3 Å². The number of aryl methyl sites for hydroxylation is 1. The summed E-state index contributed by atoms with van der Waals surface area (Å²) in [5.74, 6) is -0.681. The van der Waals surface area contributed by atoms with Gasteiger partial charge in [-0.05, 0) is 39.2 Å². The van der Waals surface area contributed by atoms with Crippen LogP contribution in [0.3, 0.4) is 0 Å². The van der Waals surface area contributed by atoms with Crippen molar-refractivity contribution in [2.24, 2.45) is 0 Å². The van der Waals surface area contributed by atoms with E-state index in [-0.39, 0.29) is 23.2 Å². The number of nitro groups is 1. The molecular weight excluding hydrogens is 380 g/mol. The summed E-state index contributed by atoms with van der Waals surface area (Å²) in [6.45, 7) is 4.19. The maximum atomic E-state index is 13.0. The lowest BCUT2D eigenvalue weighted by atomic mass is 10.0. The summed E-state index contributed by atoms with van der Waals surface area (Å²) < 4.78 is 0. The summed E-state index contributed by atoms with van der Waals surface area (Å²) in [6.07, 6.45) is 2.80.